The van der Waals surface area contributed by atoms with Crippen LogP contribution in [0.2, 0.25) is 0 Å². The Bertz CT molecular complexity index is 531. The fourth-order valence-corrected chi connectivity index (χ4v) is 1.98. The molecule has 2 rings (SSSR count). The van der Waals surface area contributed by atoms with Crippen LogP contribution in [-0.2, 0) is 25.7 Å². The minimum atomic E-state index is -0.362. The van der Waals surface area contributed by atoms with Crippen molar-refractivity contribution in [1.29, 1.82) is 0 Å². The van der Waals surface area contributed by atoms with E-state index in [0.29, 0.717) is 12.8 Å². The average Bonchev–Trinajstić information content (AvgIpc) is 2.51. The van der Waals surface area contributed by atoms with E-state index in [0.717, 1.165) is 12.0 Å². The normalized spacial score (nSPS) is 17.7. The molecular weight excluding hydrogens is 268 g/mol. The van der Waals surface area contributed by atoms with E-state index in [1.807, 2.05) is 36.4 Å². The highest BCUT2D eigenvalue weighted by Gasteiger charge is 2.14. The van der Waals surface area contributed by atoms with Crippen molar-refractivity contribution >= 4 is 11.9 Å². The summed E-state index contributed by atoms with van der Waals surface area (Å²) in [6, 6.07) is 9.53. The van der Waals surface area contributed by atoms with Crippen LogP contribution in [0.25, 0.3) is 0 Å². The molecule has 0 amide bonds. The number of cyclic esters (lactones) is 1. The van der Waals surface area contributed by atoms with Crippen molar-refractivity contribution in [3.05, 3.63) is 60.2 Å². The van der Waals surface area contributed by atoms with Crippen LogP contribution >= 0.6 is 0 Å². The van der Waals surface area contributed by atoms with Crippen molar-refractivity contribution in [2.75, 3.05) is 0 Å². The molecule has 0 fully saturated rings. The van der Waals surface area contributed by atoms with Crippen molar-refractivity contribution in [1.82, 2.24) is 0 Å². The number of esters is 2. The largest absolute Gasteiger partial charge is 0.459 e. The number of carbonyl (C=O) groups excluding carboxylic acids is 2. The SMILES string of the molecule is O=C1C=CCC(CC/C=C/C(=O)OCc2ccccc2)O1. The van der Waals surface area contributed by atoms with Crippen molar-refractivity contribution in [2.24, 2.45) is 0 Å². The first-order chi connectivity index (χ1) is 10.2. The molecule has 0 radical (unpaired) electrons. The number of allylic oxidation sites excluding steroid dienone is 1. The topological polar surface area (TPSA) is 52.6 Å². The van der Waals surface area contributed by atoms with Gasteiger partial charge in [-0.15, -0.1) is 0 Å². The number of ether oxygens (including phenoxy) is 2. The van der Waals surface area contributed by atoms with Crippen LogP contribution < -0.4 is 0 Å². The summed E-state index contributed by atoms with van der Waals surface area (Å²) < 4.78 is 10.2. The number of rotatable bonds is 6. The predicted octanol–water partition coefficient (Wildman–Crippen LogP) is 2.94. The van der Waals surface area contributed by atoms with Gasteiger partial charge >= 0.3 is 11.9 Å². The maximum atomic E-state index is 11.5. The summed E-state index contributed by atoms with van der Waals surface area (Å²) in [5.41, 5.74) is 0.958. The molecule has 0 aliphatic carbocycles. The standard InChI is InChI=1S/C17H18O4/c18-16(20-13-14-7-2-1-3-8-14)11-5-4-9-15-10-6-12-17(19)21-15/h1-3,5-8,11-12,15H,4,9-10,13H2/b11-5+. The summed E-state index contributed by atoms with van der Waals surface area (Å²) in [5.74, 6) is -0.656. The van der Waals surface area contributed by atoms with Crippen LogP contribution in [0, 0.1) is 0 Å². The minimum Gasteiger partial charge on any atom is -0.459 e. The monoisotopic (exact) mass is 286 g/mol. The Morgan fingerprint density at radius 3 is 2.90 bits per heavy atom. The summed E-state index contributed by atoms with van der Waals surface area (Å²) in [7, 11) is 0. The highest BCUT2D eigenvalue weighted by molar-refractivity contribution is 5.83. The third-order valence-corrected chi connectivity index (χ3v) is 3.07. The van der Waals surface area contributed by atoms with E-state index in [-0.39, 0.29) is 24.6 Å². The van der Waals surface area contributed by atoms with Gasteiger partial charge in [0, 0.05) is 18.6 Å². The first-order valence-corrected chi connectivity index (χ1v) is 6.98. The van der Waals surface area contributed by atoms with E-state index < -0.39 is 0 Å². The average molecular weight is 286 g/mol. The molecule has 0 aromatic heterocycles. The Morgan fingerprint density at radius 1 is 1.33 bits per heavy atom. The van der Waals surface area contributed by atoms with Gasteiger partial charge in [0.1, 0.15) is 12.7 Å². The zero-order valence-corrected chi connectivity index (χ0v) is 11.7. The highest BCUT2D eigenvalue weighted by Crippen LogP contribution is 2.13. The maximum Gasteiger partial charge on any atom is 0.330 e. The molecule has 1 aromatic carbocycles. The number of hydrogen-bond donors (Lipinski definition) is 0. The van der Waals surface area contributed by atoms with Crippen molar-refractivity contribution in [3.63, 3.8) is 0 Å². The summed E-state index contributed by atoms with van der Waals surface area (Å²) in [6.45, 7) is 0.273. The van der Waals surface area contributed by atoms with E-state index in [1.54, 1.807) is 6.08 Å². The Balaban J connectivity index is 1.63. The summed E-state index contributed by atoms with van der Waals surface area (Å²) in [6.07, 6.45) is 8.44. The second-order valence-corrected chi connectivity index (χ2v) is 4.77. The van der Waals surface area contributed by atoms with Crippen LogP contribution in [0.3, 0.4) is 0 Å². The predicted molar refractivity (Wildman–Crippen MR) is 78.2 cm³/mol. The molecule has 1 aliphatic rings. The lowest BCUT2D eigenvalue weighted by Crippen LogP contribution is -2.19. The fraction of sp³-hybridized carbons (Fsp3) is 0.294. The number of carbonyl (C=O) groups is 2. The van der Waals surface area contributed by atoms with Gasteiger partial charge in [-0.1, -0.05) is 42.5 Å². The summed E-state index contributed by atoms with van der Waals surface area (Å²) >= 11 is 0. The lowest BCUT2D eigenvalue weighted by molar-refractivity contribution is -0.144. The third kappa shape index (κ3) is 5.65. The van der Waals surface area contributed by atoms with Crippen LogP contribution in [-0.4, -0.2) is 18.0 Å². The molecule has 1 atom stereocenters. The molecule has 0 N–H and O–H groups in total. The van der Waals surface area contributed by atoms with E-state index in [9.17, 15) is 9.59 Å². The summed E-state index contributed by atoms with van der Waals surface area (Å²) in [4.78, 5) is 22.5. The zero-order chi connectivity index (χ0) is 14.9. The van der Waals surface area contributed by atoms with Crippen LogP contribution in [0.1, 0.15) is 24.8 Å². The Labute approximate surface area is 124 Å². The lowest BCUT2D eigenvalue weighted by atomic mass is 10.1. The molecule has 0 bridgehead atoms. The smallest absolute Gasteiger partial charge is 0.330 e. The minimum absolute atomic E-state index is 0.0903. The van der Waals surface area contributed by atoms with Gasteiger partial charge in [0.15, 0.2) is 0 Å². The molecule has 110 valence electrons. The van der Waals surface area contributed by atoms with E-state index in [1.165, 1.54) is 12.2 Å². The quantitative estimate of drug-likeness (QED) is 0.596. The van der Waals surface area contributed by atoms with E-state index in [4.69, 9.17) is 9.47 Å². The van der Waals surface area contributed by atoms with Gasteiger partial charge in [0.05, 0.1) is 0 Å². The molecule has 4 nitrogen and oxygen atoms in total. The molecule has 1 heterocycles. The van der Waals surface area contributed by atoms with E-state index >= 15 is 0 Å². The van der Waals surface area contributed by atoms with Gasteiger partial charge in [-0.25, -0.2) is 9.59 Å². The van der Waals surface area contributed by atoms with Gasteiger partial charge < -0.3 is 9.47 Å². The molecule has 0 spiro atoms. The van der Waals surface area contributed by atoms with E-state index in [2.05, 4.69) is 0 Å². The third-order valence-electron chi connectivity index (χ3n) is 3.07. The first-order valence-electron chi connectivity index (χ1n) is 6.98. The lowest BCUT2D eigenvalue weighted by Gasteiger charge is -2.17. The molecule has 4 heteroatoms. The Kier molecular flexibility index (Phi) is 5.76. The van der Waals surface area contributed by atoms with Gasteiger partial charge in [0.25, 0.3) is 0 Å². The second-order valence-electron chi connectivity index (χ2n) is 4.77. The van der Waals surface area contributed by atoms with Crippen molar-refractivity contribution in [3.8, 4) is 0 Å². The molecule has 0 saturated carbocycles. The molecule has 1 unspecified atom stereocenters. The van der Waals surface area contributed by atoms with Crippen LogP contribution in [0.5, 0.6) is 0 Å². The number of hydrogen-bond acceptors (Lipinski definition) is 4. The first kappa shape index (κ1) is 15.0. The zero-order valence-electron chi connectivity index (χ0n) is 11.7. The van der Waals surface area contributed by atoms with Crippen LogP contribution in [0.15, 0.2) is 54.6 Å². The van der Waals surface area contributed by atoms with Gasteiger partial charge in [-0.3, -0.25) is 0 Å². The van der Waals surface area contributed by atoms with Crippen molar-refractivity contribution < 1.29 is 19.1 Å². The fourth-order valence-electron chi connectivity index (χ4n) is 1.98. The molecule has 0 saturated heterocycles. The second kappa shape index (κ2) is 8.04. The van der Waals surface area contributed by atoms with Gasteiger partial charge in [0.2, 0.25) is 0 Å². The van der Waals surface area contributed by atoms with Gasteiger partial charge in [-0.05, 0) is 18.4 Å². The maximum absolute atomic E-state index is 11.5. The molecule has 1 aliphatic heterocycles. The Morgan fingerprint density at radius 2 is 2.14 bits per heavy atom. The molecule has 21 heavy (non-hydrogen) atoms. The van der Waals surface area contributed by atoms with Crippen molar-refractivity contribution in [2.45, 2.75) is 32.0 Å². The summed E-state index contributed by atoms with van der Waals surface area (Å²) in [5, 5.41) is 0. The molecule has 1 aromatic rings. The highest BCUT2D eigenvalue weighted by atomic mass is 16.5. The van der Waals surface area contributed by atoms with Gasteiger partial charge in [-0.2, -0.15) is 0 Å². The van der Waals surface area contributed by atoms with Crippen LogP contribution in [0.4, 0.5) is 0 Å². The number of benzene rings is 1. The molecular formula is C17H18O4. The Hall–Kier alpha value is -2.36.